The van der Waals surface area contributed by atoms with Gasteiger partial charge >= 0.3 is 0 Å². The zero-order valence-electron chi connectivity index (χ0n) is 13.9. The highest BCUT2D eigenvalue weighted by atomic mass is 14.4. The van der Waals surface area contributed by atoms with Crippen molar-refractivity contribution in [2.75, 3.05) is 0 Å². The van der Waals surface area contributed by atoms with E-state index < -0.39 is 0 Å². The molecule has 0 saturated heterocycles. The van der Waals surface area contributed by atoms with Crippen LogP contribution in [0, 0.1) is 11.3 Å². The molecule has 0 N–H and O–H groups in total. The van der Waals surface area contributed by atoms with Gasteiger partial charge in [0, 0.05) is 0 Å². The molecule has 22 heavy (non-hydrogen) atoms. The van der Waals surface area contributed by atoms with Gasteiger partial charge in [0.15, 0.2) is 0 Å². The van der Waals surface area contributed by atoms with Crippen LogP contribution in [-0.2, 0) is 0 Å². The van der Waals surface area contributed by atoms with Crippen LogP contribution in [0.3, 0.4) is 0 Å². The summed E-state index contributed by atoms with van der Waals surface area (Å²) in [6.45, 7) is 0. The summed E-state index contributed by atoms with van der Waals surface area (Å²) < 4.78 is 0. The first-order chi connectivity index (χ1) is 10.8. The Hall–Kier alpha value is -1.04. The SMILES string of the molecule is C1=CC=C2CCCCC3CCC4(CCCC4)CC(=C1)C=C2C3. The Morgan fingerprint density at radius 2 is 1.68 bits per heavy atom. The van der Waals surface area contributed by atoms with E-state index in [-0.39, 0.29) is 0 Å². The van der Waals surface area contributed by atoms with Gasteiger partial charge in [0.25, 0.3) is 0 Å². The van der Waals surface area contributed by atoms with Crippen molar-refractivity contribution in [1.29, 1.82) is 0 Å². The van der Waals surface area contributed by atoms with E-state index in [2.05, 4.69) is 30.4 Å². The molecule has 0 amide bonds. The first-order valence-electron chi connectivity index (χ1n) is 9.60. The van der Waals surface area contributed by atoms with Crippen LogP contribution >= 0.6 is 0 Å². The number of hydrogen-bond acceptors (Lipinski definition) is 0. The molecule has 0 aliphatic heterocycles. The van der Waals surface area contributed by atoms with E-state index in [0.717, 1.165) is 5.92 Å². The Bertz CT molecular complexity index is 534. The predicted octanol–water partition coefficient (Wildman–Crippen LogP) is 6.66. The molecule has 4 rings (SSSR count). The molecule has 0 heterocycles. The Labute approximate surface area is 136 Å². The van der Waals surface area contributed by atoms with Gasteiger partial charge in [-0.05, 0) is 79.4 Å². The third kappa shape index (κ3) is 3.03. The second kappa shape index (κ2) is 6.22. The molecule has 0 heteroatoms. The Morgan fingerprint density at radius 1 is 0.818 bits per heavy atom. The van der Waals surface area contributed by atoms with Crippen LogP contribution in [0.25, 0.3) is 0 Å². The minimum absolute atomic E-state index is 0.640. The topological polar surface area (TPSA) is 0 Å². The molecule has 4 aliphatic carbocycles. The molecule has 0 aromatic rings. The van der Waals surface area contributed by atoms with Crippen molar-refractivity contribution in [1.82, 2.24) is 0 Å². The molecule has 1 spiro atoms. The summed E-state index contributed by atoms with van der Waals surface area (Å²) in [6.07, 6.45) is 29.1. The van der Waals surface area contributed by atoms with Crippen molar-refractivity contribution < 1.29 is 0 Å². The van der Waals surface area contributed by atoms with Crippen molar-refractivity contribution in [2.24, 2.45) is 11.3 Å². The van der Waals surface area contributed by atoms with Crippen LogP contribution in [-0.4, -0.2) is 0 Å². The quantitative estimate of drug-likeness (QED) is 0.468. The van der Waals surface area contributed by atoms with Gasteiger partial charge in [0.05, 0.1) is 0 Å². The van der Waals surface area contributed by atoms with Crippen molar-refractivity contribution in [3.8, 4) is 0 Å². The summed E-state index contributed by atoms with van der Waals surface area (Å²) in [5.41, 5.74) is 5.56. The highest BCUT2D eigenvalue weighted by molar-refractivity contribution is 5.43. The lowest BCUT2D eigenvalue weighted by Gasteiger charge is -2.31. The largest absolute Gasteiger partial charge is 0.0620 e. The second-order valence-electron chi connectivity index (χ2n) is 8.23. The second-order valence-corrected chi connectivity index (χ2v) is 8.23. The van der Waals surface area contributed by atoms with Crippen LogP contribution in [0.4, 0.5) is 0 Å². The summed E-state index contributed by atoms with van der Waals surface area (Å²) in [5, 5.41) is 0. The first kappa shape index (κ1) is 14.5. The van der Waals surface area contributed by atoms with Crippen molar-refractivity contribution in [2.45, 2.75) is 77.0 Å². The maximum atomic E-state index is 2.60. The van der Waals surface area contributed by atoms with Crippen molar-refractivity contribution >= 4 is 0 Å². The van der Waals surface area contributed by atoms with Gasteiger partial charge in [0.2, 0.25) is 0 Å². The van der Waals surface area contributed by atoms with E-state index in [1.54, 1.807) is 16.7 Å². The average Bonchev–Trinajstić information content (AvgIpc) is 2.96. The molecular weight excluding hydrogens is 264 g/mol. The molecule has 2 fully saturated rings. The monoisotopic (exact) mass is 294 g/mol. The summed E-state index contributed by atoms with van der Waals surface area (Å²) in [6, 6.07) is 0. The number of rotatable bonds is 0. The van der Waals surface area contributed by atoms with Gasteiger partial charge in [0.1, 0.15) is 0 Å². The van der Waals surface area contributed by atoms with Crippen LogP contribution in [0.5, 0.6) is 0 Å². The van der Waals surface area contributed by atoms with E-state index in [1.165, 1.54) is 77.0 Å². The van der Waals surface area contributed by atoms with E-state index in [1.807, 2.05) is 0 Å². The van der Waals surface area contributed by atoms with Gasteiger partial charge < -0.3 is 0 Å². The lowest BCUT2D eigenvalue weighted by atomic mass is 9.74. The molecule has 3 bridgehead atoms. The van der Waals surface area contributed by atoms with Gasteiger partial charge in [-0.25, -0.2) is 0 Å². The molecule has 0 radical (unpaired) electrons. The summed E-state index contributed by atoms with van der Waals surface area (Å²) in [5.74, 6) is 0.940. The molecule has 1 unspecified atom stereocenters. The molecule has 118 valence electrons. The molecular formula is C22H30. The normalized spacial score (nSPS) is 30.9. The minimum atomic E-state index is 0.640. The highest BCUT2D eigenvalue weighted by Gasteiger charge is 2.35. The summed E-state index contributed by atoms with van der Waals surface area (Å²) >= 11 is 0. The molecule has 2 saturated carbocycles. The van der Waals surface area contributed by atoms with Gasteiger partial charge in [-0.15, -0.1) is 0 Å². The highest BCUT2D eigenvalue weighted by Crippen LogP contribution is 2.50. The van der Waals surface area contributed by atoms with E-state index >= 15 is 0 Å². The molecule has 4 aliphatic rings. The maximum absolute atomic E-state index is 2.60. The molecule has 1 atom stereocenters. The zero-order valence-corrected chi connectivity index (χ0v) is 13.9. The number of allylic oxidation sites excluding steroid dienone is 8. The third-order valence-corrected chi connectivity index (χ3v) is 6.63. The van der Waals surface area contributed by atoms with Crippen LogP contribution in [0.2, 0.25) is 0 Å². The van der Waals surface area contributed by atoms with Crippen LogP contribution in [0.15, 0.2) is 47.1 Å². The first-order valence-corrected chi connectivity index (χ1v) is 9.60. The fourth-order valence-electron chi connectivity index (χ4n) is 5.36. The summed E-state index contributed by atoms with van der Waals surface area (Å²) in [7, 11) is 0. The zero-order chi connectivity index (χ0) is 14.8. The van der Waals surface area contributed by atoms with Gasteiger partial charge in [-0.2, -0.15) is 0 Å². The van der Waals surface area contributed by atoms with Crippen LogP contribution in [0.1, 0.15) is 77.0 Å². The fourth-order valence-corrected chi connectivity index (χ4v) is 5.36. The van der Waals surface area contributed by atoms with Crippen LogP contribution < -0.4 is 0 Å². The van der Waals surface area contributed by atoms with E-state index in [0.29, 0.717) is 5.41 Å². The van der Waals surface area contributed by atoms with E-state index in [9.17, 15) is 0 Å². The third-order valence-electron chi connectivity index (χ3n) is 6.63. The number of fused-ring (bicyclic) bond motifs is 2. The standard InChI is InChI=1S/C22H30/c1-3-9-20-10-4-2-8-19-16-21(20)15-18(7-1)11-14-22(17-19)12-5-6-13-22/h2,4,8,10,16,18H,1,3,5-7,9,11-15,17H2. The molecule has 0 aromatic carbocycles. The Kier molecular flexibility index (Phi) is 4.11. The smallest absolute Gasteiger partial charge is 0.0222 e. The van der Waals surface area contributed by atoms with Gasteiger partial charge in [-0.1, -0.05) is 56.1 Å². The predicted molar refractivity (Wildman–Crippen MR) is 94.7 cm³/mol. The van der Waals surface area contributed by atoms with E-state index in [4.69, 9.17) is 0 Å². The van der Waals surface area contributed by atoms with Crippen molar-refractivity contribution in [3.63, 3.8) is 0 Å². The maximum Gasteiger partial charge on any atom is -0.0222 e. The fraction of sp³-hybridized carbons (Fsp3) is 0.636. The molecule has 0 nitrogen and oxygen atoms in total. The lowest BCUT2D eigenvalue weighted by molar-refractivity contribution is 0.237. The average molecular weight is 294 g/mol. The Balaban J connectivity index is 1.73. The minimum Gasteiger partial charge on any atom is -0.0620 e. The summed E-state index contributed by atoms with van der Waals surface area (Å²) in [4.78, 5) is 0. The Morgan fingerprint density at radius 3 is 2.59 bits per heavy atom. The van der Waals surface area contributed by atoms with Crippen molar-refractivity contribution in [3.05, 3.63) is 47.1 Å². The number of hydrogen-bond donors (Lipinski definition) is 0. The lowest BCUT2D eigenvalue weighted by Crippen LogP contribution is -2.18. The molecule has 0 aromatic heterocycles. The van der Waals surface area contributed by atoms with Gasteiger partial charge in [-0.3, -0.25) is 0 Å².